The topological polar surface area (TPSA) is 77.0 Å². The fourth-order valence-corrected chi connectivity index (χ4v) is 2.76. The monoisotopic (exact) mass is 234 g/mol. The molecule has 82 valence electrons. The predicted molar refractivity (Wildman–Crippen MR) is 60.1 cm³/mol. The van der Waals surface area contributed by atoms with Gasteiger partial charge >= 0.3 is 0 Å². The van der Waals surface area contributed by atoms with Crippen molar-refractivity contribution < 1.29 is 5.11 Å². The highest BCUT2D eigenvalue weighted by molar-refractivity contribution is 7.99. The van der Waals surface area contributed by atoms with Crippen LogP contribution in [-0.4, -0.2) is 19.9 Å². The molecule has 0 unspecified atom stereocenters. The molecule has 3 N–H and O–H groups in total. The summed E-state index contributed by atoms with van der Waals surface area (Å²) in [5.41, 5.74) is 7.12. The summed E-state index contributed by atoms with van der Waals surface area (Å²) in [5.74, 6) is 0.655. The molecule has 1 aliphatic heterocycles. The number of anilines is 1. The zero-order valence-electron chi connectivity index (χ0n) is 8.58. The third-order valence-corrected chi connectivity index (χ3v) is 3.50. The summed E-state index contributed by atoms with van der Waals surface area (Å²) in [6, 6.07) is 5.48. The first kappa shape index (κ1) is 9.68. The van der Waals surface area contributed by atoms with Crippen LogP contribution in [0.3, 0.4) is 0 Å². The van der Waals surface area contributed by atoms with Crippen LogP contribution in [0, 0.1) is 6.92 Å². The summed E-state index contributed by atoms with van der Waals surface area (Å²) in [6.45, 7) is 1.80. The smallest absolute Gasteiger partial charge is 0.193 e. The number of aliphatic hydroxyl groups is 1. The SMILES string of the molecule is Cc1nc2n(n1)[C@H](O)c1cc(N)ccc1S2. The van der Waals surface area contributed by atoms with Crippen molar-refractivity contribution in [2.24, 2.45) is 0 Å². The van der Waals surface area contributed by atoms with E-state index in [1.807, 2.05) is 12.1 Å². The molecule has 2 heterocycles. The molecule has 0 radical (unpaired) electrons. The highest BCUT2D eigenvalue weighted by Crippen LogP contribution is 2.39. The summed E-state index contributed by atoms with van der Waals surface area (Å²) in [6.07, 6.45) is -0.795. The van der Waals surface area contributed by atoms with Gasteiger partial charge in [0.1, 0.15) is 5.82 Å². The van der Waals surface area contributed by atoms with Crippen molar-refractivity contribution in [2.45, 2.75) is 23.2 Å². The molecule has 3 rings (SSSR count). The van der Waals surface area contributed by atoms with Crippen molar-refractivity contribution in [3.8, 4) is 0 Å². The van der Waals surface area contributed by atoms with E-state index in [0.717, 1.165) is 10.5 Å². The van der Waals surface area contributed by atoms with Crippen molar-refractivity contribution in [3.05, 3.63) is 29.6 Å². The van der Waals surface area contributed by atoms with Gasteiger partial charge in [-0.15, -0.1) is 0 Å². The van der Waals surface area contributed by atoms with Crippen LogP contribution in [0.1, 0.15) is 17.6 Å². The number of nitrogens with zero attached hydrogens (tertiary/aromatic N) is 3. The van der Waals surface area contributed by atoms with Crippen molar-refractivity contribution in [1.29, 1.82) is 0 Å². The van der Waals surface area contributed by atoms with E-state index < -0.39 is 6.23 Å². The average molecular weight is 234 g/mol. The Kier molecular flexibility index (Phi) is 1.95. The van der Waals surface area contributed by atoms with Crippen LogP contribution in [0.5, 0.6) is 0 Å². The Bertz CT molecular complexity index is 566. The van der Waals surface area contributed by atoms with E-state index in [-0.39, 0.29) is 0 Å². The van der Waals surface area contributed by atoms with E-state index in [0.29, 0.717) is 16.7 Å². The molecule has 0 saturated heterocycles. The van der Waals surface area contributed by atoms with Gasteiger partial charge < -0.3 is 10.8 Å². The summed E-state index contributed by atoms with van der Waals surface area (Å²) < 4.78 is 1.52. The predicted octanol–water partition coefficient (Wildman–Crippen LogP) is 1.17. The summed E-state index contributed by atoms with van der Waals surface area (Å²) in [7, 11) is 0. The standard InChI is InChI=1S/C10H10N4OS/c1-5-12-10-14(13-5)9(15)7-4-6(11)2-3-8(7)16-10/h2-4,9,15H,11H2,1H3/t9-/m1/s1. The van der Waals surface area contributed by atoms with Crippen LogP contribution in [0.25, 0.3) is 0 Å². The molecule has 1 aromatic carbocycles. The van der Waals surface area contributed by atoms with Crippen LogP contribution < -0.4 is 5.73 Å². The lowest BCUT2D eigenvalue weighted by molar-refractivity contribution is 0.116. The van der Waals surface area contributed by atoms with Crippen LogP contribution in [0.4, 0.5) is 5.69 Å². The van der Waals surface area contributed by atoms with Gasteiger partial charge in [-0.1, -0.05) is 0 Å². The molecule has 5 nitrogen and oxygen atoms in total. The zero-order valence-corrected chi connectivity index (χ0v) is 9.40. The highest BCUT2D eigenvalue weighted by Gasteiger charge is 2.26. The number of nitrogens with two attached hydrogens (primary N) is 1. The molecule has 1 aliphatic rings. The Hall–Kier alpha value is -1.53. The van der Waals surface area contributed by atoms with Crippen LogP contribution in [0.2, 0.25) is 0 Å². The lowest BCUT2D eigenvalue weighted by Crippen LogP contribution is -2.17. The maximum Gasteiger partial charge on any atom is 0.193 e. The maximum atomic E-state index is 10.1. The minimum atomic E-state index is -0.795. The number of aryl methyl sites for hydroxylation is 1. The molecule has 2 aromatic rings. The first-order valence-electron chi connectivity index (χ1n) is 4.83. The highest BCUT2D eigenvalue weighted by atomic mass is 32.2. The van der Waals surface area contributed by atoms with Crippen LogP contribution >= 0.6 is 11.8 Å². The van der Waals surface area contributed by atoms with Gasteiger partial charge in [-0.05, 0) is 36.9 Å². The first-order valence-corrected chi connectivity index (χ1v) is 5.65. The number of hydrogen-bond donors (Lipinski definition) is 2. The van der Waals surface area contributed by atoms with Gasteiger partial charge in [-0.25, -0.2) is 9.67 Å². The van der Waals surface area contributed by atoms with Gasteiger partial charge in [-0.3, -0.25) is 0 Å². The lowest BCUT2D eigenvalue weighted by Gasteiger charge is -2.21. The Balaban J connectivity index is 2.18. The molecule has 16 heavy (non-hydrogen) atoms. The van der Waals surface area contributed by atoms with Gasteiger partial charge in [0.15, 0.2) is 11.4 Å². The largest absolute Gasteiger partial charge is 0.399 e. The van der Waals surface area contributed by atoms with E-state index in [2.05, 4.69) is 10.1 Å². The molecule has 1 aromatic heterocycles. The van der Waals surface area contributed by atoms with E-state index in [4.69, 9.17) is 5.73 Å². The van der Waals surface area contributed by atoms with Crippen LogP contribution in [0.15, 0.2) is 28.3 Å². The molecule has 0 aliphatic carbocycles. The van der Waals surface area contributed by atoms with Gasteiger partial charge in [-0.2, -0.15) is 5.10 Å². The molecular formula is C10H10N4OS. The van der Waals surface area contributed by atoms with Gasteiger partial charge in [0.2, 0.25) is 0 Å². The van der Waals surface area contributed by atoms with E-state index in [9.17, 15) is 5.11 Å². The number of aliphatic hydroxyl groups excluding tert-OH is 1. The second-order valence-electron chi connectivity index (χ2n) is 3.66. The second-order valence-corrected chi connectivity index (χ2v) is 4.67. The Labute approximate surface area is 96.3 Å². The van der Waals surface area contributed by atoms with Crippen molar-refractivity contribution >= 4 is 17.4 Å². The Morgan fingerprint density at radius 3 is 3.12 bits per heavy atom. The molecular weight excluding hydrogens is 224 g/mol. The second kappa shape index (κ2) is 3.23. The van der Waals surface area contributed by atoms with E-state index in [1.165, 1.54) is 16.4 Å². The van der Waals surface area contributed by atoms with Gasteiger partial charge in [0.05, 0.1) is 0 Å². The lowest BCUT2D eigenvalue weighted by atomic mass is 10.2. The Morgan fingerprint density at radius 1 is 1.50 bits per heavy atom. The van der Waals surface area contributed by atoms with Crippen molar-refractivity contribution in [3.63, 3.8) is 0 Å². The third kappa shape index (κ3) is 1.30. The number of rotatable bonds is 0. The molecule has 6 heteroatoms. The van der Waals surface area contributed by atoms with E-state index >= 15 is 0 Å². The zero-order chi connectivity index (χ0) is 11.3. The summed E-state index contributed by atoms with van der Waals surface area (Å²) in [4.78, 5) is 5.22. The van der Waals surface area contributed by atoms with Gasteiger partial charge in [0, 0.05) is 16.1 Å². The minimum Gasteiger partial charge on any atom is -0.399 e. The number of fused-ring (bicyclic) bond motifs is 2. The normalized spacial score (nSPS) is 18.0. The molecule has 1 atom stereocenters. The fourth-order valence-electron chi connectivity index (χ4n) is 1.73. The van der Waals surface area contributed by atoms with Crippen molar-refractivity contribution in [2.75, 3.05) is 5.73 Å². The summed E-state index contributed by atoms with van der Waals surface area (Å²) in [5, 5.41) is 15.0. The minimum absolute atomic E-state index is 0.638. The fraction of sp³-hybridized carbons (Fsp3) is 0.200. The number of nitrogen functional groups attached to an aromatic ring is 1. The molecule has 0 fully saturated rings. The number of benzene rings is 1. The van der Waals surface area contributed by atoms with E-state index in [1.54, 1.807) is 13.0 Å². The molecule has 0 bridgehead atoms. The quantitative estimate of drug-likeness (QED) is 0.669. The molecule has 0 amide bonds. The third-order valence-electron chi connectivity index (χ3n) is 2.45. The number of hydrogen-bond acceptors (Lipinski definition) is 5. The number of aromatic nitrogens is 3. The maximum absolute atomic E-state index is 10.1. The first-order chi connectivity index (χ1) is 7.65. The molecule has 0 spiro atoms. The van der Waals surface area contributed by atoms with Crippen LogP contribution in [-0.2, 0) is 0 Å². The van der Waals surface area contributed by atoms with Crippen molar-refractivity contribution in [1.82, 2.24) is 14.8 Å². The molecule has 0 saturated carbocycles. The average Bonchev–Trinajstić information content (AvgIpc) is 2.61. The summed E-state index contributed by atoms with van der Waals surface area (Å²) >= 11 is 1.49. The Morgan fingerprint density at radius 2 is 2.31 bits per heavy atom. The van der Waals surface area contributed by atoms with Gasteiger partial charge in [0.25, 0.3) is 0 Å².